The van der Waals surface area contributed by atoms with E-state index in [-0.39, 0.29) is 24.1 Å². The Kier molecular flexibility index (Phi) is 6.45. The predicted molar refractivity (Wildman–Crippen MR) is 94.3 cm³/mol. The fourth-order valence-corrected chi connectivity index (χ4v) is 2.22. The number of carbonyl (C=O) groups excluding carboxylic acids is 1. The molecule has 2 aromatic carbocycles. The molecule has 0 radical (unpaired) electrons. The molecule has 2 aromatic rings. The third-order valence-electron chi connectivity index (χ3n) is 3.44. The summed E-state index contributed by atoms with van der Waals surface area (Å²) in [7, 11) is 3.43. The Morgan fingerprint density at radius 1 is 1.04 bits per heavy atom. The topological polar surface area (TPSA) is 56.7 Å². The highest BCUT2D eigenvalue weighted by Crippen LogP contribution is 2.08. The highest BCUT2D eigenvalue weighted by molar-refractivity contribution is 5.94. The molecule has 0 aliphatic carbocycles. The lowest BCUT2D eigenvalue weighted by molar-refractivity contribution is -0.115. The van der Waals surface area contributed by atoms with Crippen LogP contribution in [0.3, 0.4) is 0 Å². The van der Waals surface area contributed by atoms with Gasteiger partial charge in [0.05, 0.1) is 6.54 Å². The minimum absolute atomic E-state index is 0.0117. The maximum absolute atomic E-state index is 12.9. The van der Waals surface area contributed by atoms with Gasteiger partial charge in [-0.3, -0.25) is 9.79 Å². The van der Waals surface area contributed by atoms with Crippen molar-refractivity contribution in [1.29, 1.82) is 0 Å². The van der Waals surface area contributed by atoms with Crippen molar-refractivity contribution in [3.63, 3.8) is 0 Å². The first-order chi connectivity index (χ1) is 12.0. The second kappa shape index (κ2) is 8.77. The number of hydrogen-bond donors (Lipinski definition) is 2. The van der Waals surface area contributed by atoms with Gasteiger partial charge in [-0.25, -0.2) is 8.78 Å². The third-order valence-corrected chi connectivity index (χ3v) is 3.44. The second-order valence-electron chi connectivity index (χ2n) is 5.44. The van der Waals surface area contributed by atoms with Crippen molar-refractivity contribution in [2.45, 2.75) is 6.54 Å². The minimum Gasteiger partial charge on any atom is -0.347 e. The van der Waals surface area contributed by atoms with E-state index >= 15 is 0 Å². The van der Waals surface area contributed by atoms with Crippen LogP contribution in [-0.4, -0.2) is 37.4 Å². The van der Waals surface area contributed by atoms with Gasteiger partial charge in [-0.1, -0.05) is 12.1 Å². The number of guanidine groups is 1. The Labute approximate surface area is 145 Å². The number of nitrogens with one attached hydrogen (secondary N) is 2. The van der Waals surface area contributed by atoms with Crippen LogP contribution in [0.5, 0.6) is 0 Å². The third kappa shape index (κ3) is 5.87. The van der Waals surface area contributed by atoms with Crippen molar-refractivity contribution in [1.82, 2.24) is 10.2 Å². The molecular formula is C18H20F2N4O. The molecule has 0 aliphatic heterocycles. The molecule has 0 aromatic heterocycles. The molecule has 1 amide bonds. The van der Waals surface area contributed by atoms with Crippen LogP contribution >= 0.6 is 0 Å². The summed E-state index contributed by atoms with van der Waals surface area (Å²) in [6.07, 6.45) is 0. The summed E-state index contributed by atoms with van der Waals surface area (Å²) in [6.45, 7) is 0.525. The van der Waals surface area contributed by atoms with E-state index in [4.69, 9.17) is 0 Å². The first kappa shape index (κ1) is 18.4. The SMILES string of the molecule is CN=C(NCC(=O)Nc1ccc(F)cc1)N(C)Cc1ccc(F)cc1. The van der Waals surface area contributed by atoms with Gasteiger partial charge in [-0.15, -0.1) is 0 Å². The molecule has 0 atom stereocenters. The van der Waals surface area contributed by atoms with Gasteiger partial charge in [0.25, 0.3) is 0 Å². The van der Waals surface area contributed by atoms with E-state index in [2.05, 4.69) is 15.6 Å². The first-order valence-electron chi connectivity index (χ1n) is 7.69. The normalized spacial score (nSPS) is 11.1. The average Bonchev–Trinajstić information content (AvgIpc) is 2.59. The van der Waals surface area contributed by atoms with E-state index in [1.54, 1.807) is 19.2 Å². The molecule has 2 rings (SSSR count). The Morgan fingerprint density at radius 2 is 1.60 bits per heavy atom. The number of amides is 1. The van der Waals surface area contributed by atoms with E-state index in [1.807, 2.05) is 11.9 Å². The number of rotatable bonds is 5. The van der Waals surface area contributed by atoms with E-state index in [1.165, 1.54) is 36.4 Å². The van der Waals surface area contributed by atoms with Crippen LogP contribution in [-0.2, 0) is 11.3 Å². The Hall–Kier alpha value is -2.96. The lowest BCUT2D eigenvalue weighted by atomic mass is 10.2. The van der Waals surface area contributed by atoms with Crippen LogP contribution in [0.15, 0.2) is 53.5 Å². The fourth-order valence-electron chi connectivity index (χ4n) is 2.22. The summed E-state index contributed by atoms with van der Waals surface area (Å²) >= 11 is 0. The molecule has 2 N–H and O–H groups in total. The molecule has 0 heterocycles. The van der Waals surface area contributed by atoms with Crippen molar-refractivity contribution in [3.05, 3.63) is 65.7 Å². The molecule has 0 saturated carbocycles. The molecule has 132 valence electrons. The Morgan fingerprint density at radius 3 is 2.16 bits per heavy atom. The summed E-state index contributed by atoms with van der Waals surface area (Å²) in [4.78, 5) is 17.9. The van der Waals surface area contributed by atoms with E-state index < -0.39 is 0 Å². The van der Waals surface area contributed by atoms with Gasteiger partial charge < -0.3 is 15.5 Å². The van der Waals surface area contributed by atoms with Gasteiger partial charge in [0.2, 0.25) is 5.91 Å². The Balaban J connectivity index is 1.85. The van der Waals surface area contributed by atoms with Crippen LogP contribution in [0.25, 0.3) is 0 Å². The van der Waals surface area contributed by atoms with Crippen LogP contribution in [0.1, 0.15) is 5.56 Å². The number of carbonyl (C=O) groups is 1. The number of hydrogen-bond acceptors (Lipinski definition) is 2. The van der Waals surface area contributed by atoms with Gasteiger partial charge in [0, 0.05) is 26.3 Å². The van der Waals surface area contributed by atoms with Crippen molar-refractivity contribution in [2.75, 3.05) is 26.0 Å². The van der Waals surface area contributed by atoms with Crippen LogP contribution < -0.4 is 10.6 Å². The molecule has 0 bridgehead atoms. The number of halogens is 2. The summed E-state index contributed by atoms with van der Waals surface area (Å²) < 4.78 is 25.8. The maximum Gasteiger partial charge on any atom is 0.243 e. The zero-order valence-electron chi connectivity index (χ0n) is 14.1. The van der Waals surface area contributed by atoms with E-state index in [9.17, 15) is 13.6 Å². The van der Waals surface area contributed by atoms with Gasteiger partial charge in [-0.05, 0) is 42.0 Å². The smallest absolute Gasteiger partial charge is 0.243 e. The summed E-state index contributed by atoms with van der Waals surface area (Å²) in [6, 6.07) is 11.7. The average molecular weight is 346 g/mol. The standard InChI is InChI=1S/C18H20F2N4O/c1-21-18(24(2)12-13-3-5-14(19)6-4-13)22-11-17(25)23-16-9-7-15(20)8-10-16/h3-10H,11-12H2,1-2H3,(H,21,22)(H,23,25). The molecule has 25 heavy (non-hydrogen) atoms. The number of anilines is 1. The molecule has 0 unspecified atom stereocenters. The van der Waals surface area contributed by atoms with Crippen LogP contribution in [0.4, 0.5) is 14.5 Å². The van der Waals surface area contributed by atoms with Gasteiger partial charge in [-0.2, -0.15) is 0 Å². The summed E-state index contributed by atoms with van der Waals surface area (Å²) in [5.74, 6) is -0.396. The van der Waals surface area contributed by atoms with Crippen molar-refractivity contribution >= 4 is 17.6 Å². The Bertz CT molecular complexity index is 730. The van der Waals surface area contributed by atoms with Crippen LogP contribution in [0.2, 0.25) is 0 Å². The molecule has 0 fully saturated rings. The summed E-state index contributed by atoms with van der Waals surface area (Å²) in [5.41, 5.74) is 1.44. The number of aliphatic imine (C=N–C) groups is 1. The van der Waals surface area contributed by atoms with Crippen LogP contribution in [0, 0.1) is 11.6 Å². The van der Waals surface area contributed by atoms with E-state index in [0.29, 0.717) is 18.2 Å². The summed E-state index contributed by atoms with van der Waals surface area (Å²) in [5, 5.41) is 5.61. The molecule has 5 nitrogen and oxygen atoms in total. The molecule has 7 heteroatoms. The van der Waals surface area contributed by atoms with Gasteiger partial charge in [0.1, 0.15) is 11.6 Å². The van der Waals surface area contributed by atoms with Gasteiger partial charge >= 0.3 is 0 Å². The van der Waals surface area contributed by atoms with Gasteiger partial charge in [0.15, 0.2) is 5.96 Å². The zero-order valence-corrected chi connectivity index (χ0v) is 14.1. The van der Waals surface area contributed by atoms with Crippen molar-refractivity contribution in [2.24, 2.45) is 4.99 Å². The maximum atomic E-state index is 12.9. The quantitative estimate of drug-likeness (QED) is 0.646. The lowest BCUT2D eigenvalue weighted by Gasteiger charge is -2.22. The minimum atomic E-state index is -0.362. The lowest BCUT2D eigenvalue weighted by Crippen LogP contribution is -2.42. The molecule has 0 saturated heterocycles. The monoisotopic (exact) mass is 346 g/mol. The first-order valence-corrected chi connectivity index (χ1v) is 7.69. The predicted octanol–water partition coefficient (Wildman–Crippen LogP) is 2.61. The van der Waals surface area contributed by atoms with E-state index in [0.717, 1.165) is 5.56 Å². The number of benzene rings is 2. The highest BCUT2D eigenvalue weighted by Gasteiger charge is 2.09. The molecular weight excluding hydrogens is 326 g/mol. The largest absolute Gasteiger partial charge is 0.347 e. The zero-order chi connectivity index (χ0) is 18.2. The molecule has 0 spiro atoms. The second-order valence-corrected chi connectivity index (χ2v) is 5.44. The van der Waals surface area contributed by atoms with Crippen molar-refractivity contribution < 1.29 is 13.6 Å². The van der Waals surface area contributed by atoms with Crippen molar-refractivity contribution in [3.8, 4) is 0 Å². The molecule has 0 aliphatic rings. The highest BCUT2D eigenvalue weighted by atomic mass is 19.1. The fraction of sp³-hybridized carbons (Fsp3) is 0.222. The number of nitrogens with zero attached hydrogens (tertiary/aromatic N) is 2.